The van der Waals surface area contributed by atoms with Gasteiger partial charge in [-0.15, -0.1) is 0 Å². The van der Waals surface area contributed by atoms with Crippen LogP contribution in [0.3, 0.4) is 0 Å². The van der Waals surface area contributed by atoms with Crippen molar-refractivity contribution < 1.29 is 14.3 Å². The molecule has 1 aliphatic carbocycles. The molecular weight excluding hydrogens is 210 g/mol. The maximum absolute atomic E-state index is 11.7. The number of likely N-dealkylation sites (N-methyl/N-ethyl adjacent to an activating group) is 1. The second-order valence-electron chi connectivity index (χ2n) is 4.00. The maximum atomic E-state index is 11.7. The fourth-order valence-electron chi connectivity index (χ4n) is 1.34. The monoisotopic (exact) mass is 229 g/mol. The molecule has 0 bridgehead atoms. The Hall–Kier alpha value is -1.14. The molecule has 1 rings (SSSR count). The first-order valence-electron chi connectivity index (χ1n) is 5.35. The van der Waals surface area contributed by atoms with E-state index in [1.807, 2.05) is 0 Å². The normalized spacial score (nSPS) is 16.7. The van der Waals surface area contributed by atoms with E-state index in [-0.39, 0.29) is 24.9 Å². The molecule has 2 amide bonds. The molecule has 1 fully saturated rings. The molecule has 0 saturated heterocycles. The van der Waals surface area contributed by atoms with Gasteiger partial charge in [-0.2, -0.15) is 0 Å². The zero-order valence-electron chi connectivity index (χ0n) is 9.73. The van der Waals surface area contributed by atoms with Crippen molar-refractivity contribution in [2.24, 2.45) is 5.73 Å². The zero-order chi connectivity index (χ0) is 12.1. The third-order valence-corrected chi connectivity index (χ3v) is 2.47. The minimum absolute atomic E-state index is 0.0508. The van der Waals surface area contributed by atoms with Gasteiger partial charge in [0, 0.05) is 26.7 Å². The number of amides is 2. The molecule has 0 aromatic carbocycles. The van der Waals surface area contributed by atoms with Crippen molar-refractivity contribution in [1.82, 2.24) is 10.2 Å². The van der Waals surface area contributed by atoms with E-state index in [1.165, 1.54) is 12.0 Å². The van der Waals surface area contributed by atoms with Crippen molar-refractivity contribution >= 4 is 11.8 Å². The standard InChI is InChI=1S/C10H19N3O3/c1-13(10(15)8(5-11)16-2)6-9(14)12-7-3-4-7/h7-8H,3-6,11H2,1-2H3,(H,12,14). The Balaban J connectivity index is 2.34. The Kier molecular flexibility index (Phi) is 4.70. The summed E-state index contributed by atoms with van der Waals surface area (Å²) in [5, 5.41) is 2.81. The van der Waals surface area contributed by atoms with Crippen LogP contribution in [0.4, 0.5) is 0 Å². The summed E-state index contributed by atoms with van der Waals surface area (Å²) in [4.78, 5) is 24.4. The Morgan fingerprint density at radius 3 is 2.62 bits per heavy atom. The molecular formula is C10H19N3O3. The van der Waals surface area contributed by atoms with Crippen LogP contribution in [-0.4, -0.2) is 56.1 Å². The molecule has 1 unspecified atom stereocenters. The fourth-order valence-corrected chi connectivity index (χ4v) is 1.34. The quantitative estimate of drug-likeness (QED) is 0.592. The molecule has 16 heavy (non-hydrogen) atoms. The second kappa shape index (κ2) is 5.81. The van der Waals surface area contributed by atoms with Crippen molar-refractivity contribution in [1.29, 1.82) is 0 Å². The highest BCUT2D eigenvalue weighted by atomic mass is 16.5. The van der Waals surface area contributed by atoms with Gasteiger partial charge in [-0.3, -0.25) is 9.59 Å². The van der Waals surface area contributed by atoms with E-state index >= 15 is 0 Å². The van der Waals surface area contributed by atoms with Crippen LogP contribution in [0.25, 0.3) is 0 Å². The smallest absolute Gasteiger partial charge is 0.253 e. The Labute approximate surface area is 95.1 Å². The molecule has 92 valence electrons. The minimum atomic E-state index is -0.668. The third-order valence-electron chi connectivity index (χ3n) is 2.47. The number of nitrogens with zero attached hydrogens (tertiary/aromatic N) is 1. The molecule has 1 aliphatic rings. The maximum Gasteiger partial charge on any atom is 0.253 e. The van der Waals surface area contributed by atoms with E-state index < -0.39 is 6.10 Å². The number of rotatable bonds is 6. The van der Waals surface area contributed by atoms with Gasteiger partial charge in [-0.1, -0.05) is 0 Å². The highest BCUT2D eigenvalue weighted by molar-refractivity contribution is 5.87. The third kappa shape index (κ3) is 3.79. The van der Waals surface area contributed by atoms with Crippen LogP contribution in [0.5, 0.6) is 0 Å². The Morgan fingerprint density at radius 1 is 1.56 bits per heavy atom. The van der Waals surface area contributed by atoms with Crippen LogP contribution in [0, 0.1) is 0 Å². The van der Waals surface area contributed by atoms with E-state index in [2.05, 4.69) is 5.32 Å². The van der Waals surface area contributed by atoms with Gasteiger partial charge in [-0.05, 0) is 12.8 Å². The molecule has 1 atom stereocenters. The van der Waals surface area contributed by atoms with Crippen LogP contribution in [0.1, 0.15) is 12.8 Å². The lowest BCUT2D eigenvalue weighted by molar-refractivity contribution is -0.142. The van der Waals surface area contributed by atoms with E-state index in [1.54, 1.807) is 7.05 Å². The van der Waals surface area contributed by atoms with Crippen LogP contribution in [-0.2, 0) is 14.3 Å². The summed E-state index contributed by atoms with van der Waals surface area (Å²) in [5.74, 6) is -0.402. The van der Waals surface area contributed by atoms with Crippen molar-refractivity contribution in [3.63, 3.8) is 0 Å². The molecule has 6 heteroatoms. The van der Waals surface area contributed by atoms with Crippen LogP contribution in [0.2, 0.25) is 0 Å². The van der Waals surface area contributed by atoms with Gasteiger partial charge in [0.05, 0.1) is 6.54 Å². The first-order valence-corrected chi connectivity index (χ1v) is 5.35. The number of hydrogen-bond acceptors (Lipinski definition) is 4. The Bertz CT molecular complexity index is 262. The van der Waals surface area contributed by atoms with Gasteiger partial charge in [0.1, 0.15) is 6.10 Å². The summed E-state index contributed by atoms with van der Waals surface area (Å²) >= 11 is 0. The number of nitrogens with one attached hydrogen (secondary N) is 1. The minimum Gasteiger partial charge on any atom is -0.370 e. The van der Waals surface area contributed by atoms with Crippen molar-refractivity contribution in [3.05, 3.63) is 0 Å². The highest BCUT2D eigenvalue weighted by Gasteiger charge is 2.26. The van der Waals surface area contributed by atoms with Gasteiger partial charge >= 0.3 is 0 Å². The molecule has 3 N–H and O–H groups in total. The van der Waals surface area contributed by atoms with E-state index in [4.69, 9.17) is 10.5 Å². The molecule has 0 heterocycles. The largest absolute Gasteiger partial charge is 0.370 e. The average Bonchev–Trinajstić information content (AvgIpc) is 3.03. The second-order valence-corrected chi connectivity index (χ2v) is 4.00. The highest BCUT2D eigenvalue weighted by Crippen LogP contribution is 2.18. The molecule has 6 nitrogen and oxygen atoms in total. The average molecular weight is 229 g/mol. The number of ether oxygens (including phenoxy) is 1. The summed E-state index contributed by atoms with van der Waals surface area (Å²) in [6.45, 7) is 0.166. The van der Waals surface area contributed by atoms with Gasteiger partial charge in [0.25, 0.3) is 5.91 Å². The summed E-state index contributed by atoms with van der Waals surface area (Å²) < 4.78 is 4.91. The van der Waals surface area contributed by atoms with Crippen molar-refractivity contribution in [2.75, 3.05) is 27.2 Å². The van der Waals surface area contributed by atoms with E-state index in [0.717, 1.165) is 12.8 Å². The lowest BCUT2D eigenvalue weighted by Crippen LogP contribution is -2.46. The van der Waals surface area contributed by atoms with Crippen LogP contribution < -0.4 is 11.1 Å². The number of hydrogen-bond donors (Lipinski definition) is 2. The van der Waals surface area contributed by atoms with E-state index in [9.17, 15) is 9.59 Å². The van der Waals surface area contributed by atoms with Crippen molar-refractivity contribution in [3.8, 4) is 0 Å². The summed E-state index contributed by atoms with van der Waals surface area (Å²) in [6, 6.07) is 0.309. The summed E-state index contributed by atoms with van der Waals surface area (Å²) in [5.41, 5.74) is 5.37. The van der Waals surface area contributed by atoms with Gasteiger partial charge < -0.3 is 20.7 Å². The predicted molar refractivity (Wildman–Crippen MR) is 58.7 cm³/mol. The molecule has 0 spiro atoms. The molecule has 0 aliphatic heterocycles. The first-order chi connectivity index (χ1) is 7.58. The lowest BCUT2D eigenvalue weighted by Gasteiger charge is -2.21. The number of methoxy groups -OCH3 is 1. The molecule has 1 saturated carbocycles. The fraction of sp³-hybridized carbons (Fsp3) is 0.800. The van der Waals surface area contributed by atoms with Gasteiger partial charge in [0.15, 0.2) is 0 Å². The molecule has 0 aromatic heterocycles. The van der Waals surface area contributed by atoms with Crippen LogP contribution >= 0.6 is 0 Å². The van der Waals surface area contributed by atoms with Gasteiger partial charge in [-0.25, -0.2) is 0 Å². The SMILES string of the molecule is COC(CN)C(=O)N(C)CC(=O)NC1CC1. The molecule has 0 aromatic rings. The number of carbonyl (C=O) groups excluding carboxylic acids is 2. The topological polar surface area (TPSA) is 84.7 Å². The van der Waals surface area contributed by atoms with Gasteiger partial charge in [0.2, 0.25) is 5.91 Å². The lowest BCUT2D eigenvalue weighted by atomic mass is 10.3. The summed E-state index contributed by atoms with van der Waals surface area (Å²) in [7, 11) is 2.99. The Morgan fingerprint density at radius 2 is 2.19 bits per heavy atom. The first kappa shape index (κ1) is 12.9. The summed E-state index contributed by atoms with van der Waals surface area (Å²) in [6.07, 6.45) is 1.40. The van der Waals surface area contributed by atoms with Crippen LogP contribution in [0.15, 0.2) is 0 Å². The molecule has 0 radical (unpaired) electrons. The predicted octanol–water partition coefficient (Wildman–Crippen LogP) is -1.30. The number of carbonyl (C=O) groups is 2. The number of nitrogens with two attached hydrogens (primary N) is 1. The van der Waals surface area contributed by atoms with E-state index in [0.29, 0.717) is 6.04 Å². The zero-order valence-corrected chi connectivity index (χ0v) is 9.73. The van der Waals surface area contributed by atoms with Crippen molar-refractivity contribution in [2.45, 2.75) is 25.0 Å².